The fraction of sp³-hybridized carbons (Fsp3) is 0.765. The van der Waals surface area contributed by atoms with Crippen LogP contribution in [0.25, 0.3) is 0 Å². The quantitative estimate of drug-likeness (QED) is 0.710. The molecule has 1 fully saturated rings. The third-order valence-electron chi connectivity index (χ3n) is 4.55. The third kappa shape index (κ3) is 4.47. The first-order chi connectivity index (χ1) is 9.60. The lowest BCUT2D eigenvalue weighted by molar-refractivity contribution is 0.220. The number of thiophene rings is 1. The van der Waals surface area contributed by atoms with E-state index >= 15 is 0 Å². The molecule has 114 valence electrons. The van der Waals surface area contributed by atoms with Crippen LogP contribution in [-0.4, -0.2) is 12.6 Å². The van der Waals surface area contributed by atoms with Crippen molar-refractivity contribution in [1.82, 2.24) is 5.32 Å². The summed E-state index contributed by atoms with van der Waals surface area (Å²) in [5, 5.41) is 3.64. The summed E-state index contributed by atoms with van der Waals surface area (Å²) in [6.07, 6.45) is 6.84. The monoisotopic (exact) mass is 313 g/mol. The Morgan fingerprint density at radius 2 is 2.15 bits per heavy atom. The molecular formula is C17H28ClNS. The van der Waals surface area contributed by atoms with Crippen LogP contribution in [0.2, 0.25) is 4.34 Å². The molecule has 0 spiro atoms. The van der Waals surface area contributed by atoms with Gasteiger partial charge in [0.25, 0.3) is 0 Å². The van der Waals surface area contributed by atoms with Crippen LogP contribution in [0.15, 0.2) is 12.1 Å². The maximum absolute atomic E-state index is 6.16. The summed E-state index contributed by atoms with van der Waals surface area (Å²) in [5.74, 6) is 2.41. The molecule has 3 unspecified atom stereocenters. The molecule has 3 heteroatoms. The highest BCUT2D eigenvalue weighted by atomic mass is 35.5. The summed E-state index contributed by atoms with van der Waals surface area (Å²) in [6, 6.07) is 4.91. The van der Waals surface area contributed by atoms with Crippen LogP contribution in [0.5, 0.6) is 0 Å². The third-order valence-corrected chi connectivity index (χ3v) is 5.91. The van der Waals surface area contributed by atoms with Crippen molar-refractivity contribution in [2.75, 3.05) is 6.54 Å². The van der Waals surface area contributed by atoms with Gasteiger partial charge in [-0.05, 0) is 49.3 Å². The fourth-order valence-corrected chi connectivity index (χ4v) is 4.77. The summed E-state index contributed by atoms with van der Waals surface area (Å²) < 4.78 is 0.938. The Labute approximate surface area is 133 Å². The number of rotatable bonds is 6. The van der Waals surface area contributed by atoms with Gasteiger partial charge in [0.1, 0.15) is 0 Å². The van der Waals surface area contributed by atoms with Crippen molar-refractivity contribution >= 4 is 22.9 Å². The molecule has 0 saturated heterocycles. The van der Waals surface area contributed by atoms with E-state index in [0.717, 1.165) is 22.7 Å². The van der Waals surface area contributed by atoms with Gasteiger partial charge in [0, 0.05) is 10.9 Å². The maximum Gasteiger partial charge on any atom is 0.0931 e. The topological polar surface area (TPSA) is 12.0 Å². The van der Waals surface area contributed by atoms with E-state index in [1.165, 1.54) is 37.0 Å². The Morgan fingerprint density at radius 1 is 1.35 bits per heavy atom. The highest BCUT2D eigenvalue weighted by molar-refractivity contribution is 7.16. The molecule has 0 aliphatic heterocycles. The van der Waals surface area contributed by atoms with Gasteiger partial charge in [-0.1, -0.05) is 51.6 Å². The lowest BCUT2D eigenvalue weighted by Crippen LogP contribution is -2.34. The Morgan fingerprint density at radius 3 is 2.75 bits per heavy atom. The van der Waals surface area contributed by atoms with E-state index in [-0.39, 0.29) is 0 Å². The van der Waals surface area contributed by atoms with E-state index < -0.39 is 0 Å². The van der Waals surface area contributed by atoms with Crippen molar-refractivity contribution in [2.24, 2.45) is 11.8 Å². The second-order valence-electron chi connectivity index (χ2n) is 6.54. The van der Waals surface area contributed by atoms with Crippen LogP contribution in [0, 0.1) is 11.8 Å². The molecule has 1 heterocycles. The molecule has 1 aromatic heterocycles. The zero-order valence-corrected chi connectivity index (χ0v) is 14.6. The lowest BCUT2D eigenvalue weighted by atomic mass is 9.72. The minimum absolute atomic E-state index is 0.580. The van der Waals surface area contributed by atoms with Crippen molar-refractivity contribution in [3.8, 4) is 0 Å². The minimum atomic E-state index is 0.580. The zero-order chi connectivity index (χ0) is 14.5. The number of hydrogen-bond donors (Lipinski definition) is 1. The average molecular weight is 314 g/mol. The Hall–Kier alpha value is -0.0500. The summed E-state index contributed by atoms with van der Waals surface area (Å²) in [4.78, 5) is 1.51. The Kier molecular flexibility index (Phi) is 6.38. The van der Waals surface area contributed by atoms with E-state index in [2.05, 4.69) is 38.2 Å². The SMILES string of the molecule is CCCC1CCC(CNC(C)C)C(c2ccc(Cl)s2)C1. The predicted octanol–water partition coefficient (Wildman–Crippen LogP) is 5.70. The van der Waals surface area contributed by atoms with Crippen LogP contribution in [0.3, 0.4) is 0 Å². The van der Waals surface area contributed by atoms with E-state index in [4.69, 9.17) is 11.6 Å². The summed E-state index contributed by atoms with van der Waals surface area (Å²) in [5.41, 5.74) is 0. The van der Waals surface area contributed by atoms with E-state index in [9.17, 15) is 0 Å². The molecule has 1 aliphatic rings. The van der Waals surface area contributed by atoms with Crippen molar-refractivity contribution < 1.29 is 0 Å². The molecular weight excluding hydrogens is 286 g/mol. The molecule has 3 atom stereocenters. The second-order valence-corrected chi connectivity index (χ2v) is 8.29. The van der Waals surface area contributed by atoms with Gasteiger partial charge in [-0.2, -0.15) is 0 Å². The number of halogens is 1. The van der Waals surface area contributed by atoms with Gasteiger partial charge in [-0.3, -0.25) is 0 Å². The van der Waals surface area contributed by atoms with Crippen molar-refractivity contribution in [3.05, 3.63) is 21.3 Å². The van der Waals surface area contributed by atoms with E-state index in [0.29, 0.717) is 12.0 Å². The normalized spacial score (nSPS) is 27.1. The zero-order valence-electron chi connectivity index (χ0n) is 13.0. The smallest absolute Gasteiger partial charge is 0.0931 e. The summed E-state index contributed by atoms with van der Waals surface area (Å²) in [6.45, 7) is 7.93. The molecule has 2 rings (SSSR count). The fourth-order valence-electron chi connectivity index (χ4n) is 3.50. The van der Waals surface area contributed by atoms with E-state index in [1.54, 1.807) is 11.3 Å². The maximum atomic E-state index is 6.16. The number of hydrogen-bond acceptors (Lipinski definition) is 2. The molecule has 0 amide bonds. The summed E-state index contributed by atoms with van der Waals surface area (Å²) >= 11 is 7.95. The molecule has 20 heavy (non-hydrogen) atoms. The molecule has 0 aromatic carbocycles. The standard InChI is InChI=1S/C17H28ClNS/c1-4-5-13-6-7-14(11-19-12(2)3)15(10-13)16-8-9-17(18)20-16/h8-9,12-15,19H,4-7,10-11H2,1-3H3. The van der Waals surface area contributed by atoms with Crippen LogP contribution in [-0.2, 0) is 0 Å². The Balaban J connectivity index is 2.05. The first-order valence-electron chi connectivity index (χ1n) is 8.08. The lowest BCUT2D eigenvalue weighted by Gasteiger charge is -2.36. The van der Waals surface area contributed by atoms with Gasteiger partial charge in [0.05, 0.1) is 4.34 Å². The van der Waals surface area contributed by atoms with Crippen LogP contribution < -0.4 is 5.32 Å². The second kappa shape index (κ2) is 7.82. The van der Waals surface area contributed by atoms with Gasteiger partial charge in [-0.15, -0.1) is 11.3 Å². The molecule has 1 aliphatic carbocycles. The van der Waals surface area contributed by atoms with Gasteiger partial charge in [-0.25, -0.2) is 0 Å². The predicted molar refractivity (Wildman–Crippen MR) is 90.9 cm³/mol. The van der Waals surface area contributed by atoms with Crippen molar-refractivity contribution in [3.63, 3.8) is 0 Å². The van der Waals surface area contributed by atoms with Gasteiger partial charge >= 0.3 is 0 Å². The van der Waals surface area contributed by atoms with Gasteiger partial charge < -0.3 is 5.32 Å². The molecule has 1 aromatic rings. The molecule has 1 nitrogen and oxygen atoms in total. The first kappa shape index (κ1) is 16.3. The molecule has 1 N–H and O–H groups in total. The Bertz CT molecular complexity index is 401. The number of nitrogens with one attached hydrogen (secondary N) is 1. The van der Waals surface area contributed by atoms with Crippen LogP contribution in [0.1, 0.15) is 63.7 Å². The summed E-state index contributed by atoms with van der Waals surface area (Å²) in [7, 11) is 0. The van der Waals surface area contributed by atoms with Gasteiger partial charge in [0.2, 0.25) is 0 Å². The van der Waals surface area contributed by atoms with Crippen LogP contribution >= 0.6 is 22.9 Å². The highest BCUT2D eigenvalue weighted by Gasteiger charge is 2.31. The molecule has 1 saturated carbocycles. The minimum Gasteiger partial charge on any atom is -0.314 e. The average Bonchev–Trinajstić information content (AvgIpc) is 2.84. The van der Waals surface area contributed by atoms with E-state index in [1.807, 2.05) is 0 Å². The molecule has 0 bridgehead atoms. The highest BCUT2D eigenvalue weighted by Crippen LogP contribution is 2.44. The molecule has 0 radical (unpaired) electrons. The first-order valence-corrected chi connectivity index (χ1v) is 9.28. The largest absolute Gasteiger partial charge is 0.314 e. The van der Waals surface area contributed by atoms with Crippen molar-refractivity contribution in [1.29, 1.82) is 0 Å². The van der Waals surface area contributed by atoms with Crippen molar-refractivity contribution in [2.45, 2.75) is 64.8 Å². The van der Waals surface area contributed by atoms with Gasteiger partial charge in [0.15, 0.2) is 0 Å². The van der Waals surface area contributed by atoms with Crippen LogP contribution in [0.4, 0.5) is 0 Å².